The van der Waals surface area contributed by atoms with Gasteiger partial charge in [-0.2, -0.15) is 5.26 Å². The summed E-state index contributed by atoms with van der Waals surface area (Å²) in [7, 11) is 0. The molecule has 1 atom stereocenters. The molecule has 1 aliphatic carbocycles. The average Bonchev–Trinajstić information content (AvgIpc) is 2.80. The first-order chi connectivity index (χ1) is 9.59. The van der Waals surface area contributed by atoms with Crippen LogP contribution in [0.1, 0.15) is 38.2 Å². The maximum atomic E-state index is 11.7. The quantitative estimate of drug-likeness (QED) is 0.840. The number of ketones is 1. The van der Waals surface area contributed by atoms with Crippen LogP contribution in [0.5, 0.6) is 0 Å². The molecule has 1 unspecified atom stereocenters. The number of carbonyl (C=O) groups is 1. The van der Waals surface area contributed by atoms with Crippen LogP contribution in [0.25, 0.3) is 11.0 Å². The number of fused-ring (bicyclic) bond motifs is 1. The lowest BCUT2D eigenvalue weighted by Gasteiger charge is -2.33. The second-order valence-corrected chi connectivity index (χ2v) is 6.07. The molecular formula is C16H17N3O. The van der Waals surface area contributed by atoms with Gasteiger partial charge in [-0.05, 0) is 36.5 Å². The molecule has 102 valence electrons. The number of nitriles is 1. The molecule has 1 aromatic heterocycles. The Morgan fingerprint density at radius 1 is 1.50 bits per heavy atom. The third kappa shape index (κ3) is 2.32. The van der Waals surface area contributed by atoms with Crippen LogP contribution in [0.2, 0.25) is 0 Å². The minimum Gasteiger partial charge on any atom is -0.330 e. The number of Topliss-reactive ketones (excluding diaryl/α,β-unsaturated/α-hetero) is 1. The van der Waals surface area contributed by atoms with Crippen LogP contribution in [0.4, 0.5) is 0 Å². The number of nitrogens with zero attached hydrogens (tertiary/aromatic N) is 3. The van der Waals surface area contributed by atoms with Gasteiger partial charge in [0.2, 0.25) is 0 Å². The van der Waals surface area contributed by atoms with Gasteiger partial charge >= 0.3 is 0 Å². The molecular weight excluding hydrogens is 250 g/mol. The van der Waals surface area contributed by atoms with Crippen molar-refractivity contribution in [2.45, 2.75) is 39.2 Å². The Kier molecular flexibility index (Phi) is 3.06. The Balaban J connectivity index is 1.94. The monoisotopic (exact) mass is 267 g/mol. The van der Waals surface area contributed by atoms with Crippen LogP contribution in [-0.2, 0) is 11.3 Å². The highest BCUT2D eigenvalue weighted by Crippen LogP contribution is 2.36. The number of carbonyl (C=O) groups excluding carboxylic acids is 1. The van der Waals surface area contributed by atoms with Gasteiger partial charge in [0.15, 0.2) is 0 Å². The molecule has 0 amide bonds. The summed E-state index contributed by atoms with van der Waals surface area (Å²) in [6.45, 7) is 2.95. The largest absolute Gasteiger partial charge is 0.330 e. The first-order valence-electron chi connectivity index (χ1n) is 6.96. The third-order valence-electron chi connectivity index (χ3n) is 4.16. The number of hydrogen-bond acceptors (Lipinski definition) is 3. The molecule has 1 saturated carbocycles. The maximum absolute atomic E-state index is 11.7. The zero-order valence-corrected chi connectivity index (χ0v) is 11.6. The van der Waals surface area contributed by atoms with E-state index in [0.717, 1.165) is 36.8 Å². The van der Waals surface area contributed by atoms with E-state index in [4.69, 9.17) is 5.26 Å². The van der Waals surface area contributed by atoms with Crippen molar-refractivity contribution in [3.63, 3.8) is 0 Å². The van der Waals surface area contributed by atoms with E-state index in [1.165, 1.54) is 0 Å². The summed E-state index contributed by atoms with van der Waals surface area (Å²) < 4.78 is 2.08. The van der Waals surface area contributed by atoms with Crippen molar-refractivity contribution in [2.75, 3.05) is 0 Å². The minimum atomic E-state index is 0.00557. The van der Waals surface area contributed by atoms with Gasteiger partial charge < -0.3 is 4.57 Å². The van der Waals surface area contributed by atoms with Gasteiger partial charge in [0.25, 0.3) is 0 Å². The Morgan fingerprint density at radius 3 is 3.10 bits per heavy atom. The second-order valence-electron chi connectivity index (χ2n) is 6.07. The van der Waals surface area contributed by atoms with Crippen LogP contribution < -0.4 is 0 Å². The minimum absolute atomic E-state index is 0.00557. The first kappa shape index (κ1) is 12.9. The highest BCUT2D eigenvalue weighted by atomic mass is 16.1. The van der Waals surface area contributed by atoms with Crippen LogP contribution in [-0.4, -0.2) is 15.3 Å². The molecule has 1 aliphatic rings. The maximum Gasteiger partial charge on any atom is 0.133 e. The van der Waals surface area contributed by atoms with E-state index in [2.05, 4.69) is 22.5 Å². The molecule has 2 aromatic rings. The van der Waals surface area contributed by atoms with Crippen molar-refractivity contribution < 1.29 is 4.79 Å². The fraction of sp³-hybridized carbons (Fsp3) is 0.438. The summed E-state index contributed by atoms with van der Waals surface area (Å²) in [5.41, 5.74) is 2.52. The molecule has 0 saturated heterocycles. The molecule has 1 heterocycles. The van der Waals surface area contributed by atoms with Crippen molar-refractivity contribution in [2.24, 2.45) is 5.41 Å². The van der Waals surface area contributed by atoms with E-state index in [0.29, 0.717) is 17.8 Å². The van der Waals surface area contributed by atoms with E-state index in [9.17, 15) is 4.79 Å². The molecule has 1 fully saturated rings. The van der Waals surface area contributed by atoms with Crippen LogP contribution >= 0.6 is 0 Å². The summed E-state index contributed by atoms with van der Waals surface area (Å²) in [5, 5.41) is 9.01. The summed E-state index contributed by atoms with van der Waals surface area (Å²) >= 11 is 0. The topological polar surface area (TPSA) is 58.7 Å². The SMILES string of the molecule is CC1(Cn2cnc3ccc(C#N)cc32)CCCC(=O)C1. The Labute approximate surface area is 118 Å². The molecule has 0 N–H and O–H groups in total. The number of imidazole rings is 1. The number of aromatic nitrogens is 2. The van der Waals surface area contributed by atoms with Gasteiger partial charge in [0, 0.05) is 19.4 Å². The van der Waals surface area contributed by atoms with Crippen molar-refractivity contribution in [3.05, 3.63) is 30.1 Å². The van der Waals surface area contributed by atoms with Crippen LogP contribution in [0, 0.1) is 16.7 Å². The zero-order valence-electron chi connectivity index (χ0n) is 11.6. The molecule has 0 radical (unpaired) electrons. The zero-order chi connectivity index (χ0) is 14.2. The van der Waals surface area contributed by atoms with Crippen molar-refractivity contribution in [1.29, 1.82) is 5.26 Å². The third-order valence-corrected chi connectivity index (χ3v) is 4.16. The lowest BCUT2D eigenvalue weighted by atomic mass is 9.75. The Bertz CT molecular complexity index is 710. The van der Waals surface area contributed by atoms with E-state index in [1.807, 2.05) is 18.5 Å². The first-order valence-corrected chi connectivity index (χ1v) is 6.96. The van der Waals surface area contributed by atoms with Gasteiger partial charge in [0.05, 0.1) is 29.0 Å². The normalized spacial score (nSPS) is 22.9. The Hall–Kier alpha value is -2.15. The molecule has 0 spiro atoms. The van der Waals surface area contributed by atoms with Crippen LogP contribution in [0.3, 0.4) is 0 Å². The summed E-state index contributed by atoms with van der Waals surface area (Å²) in [4.78, 5) is 16.1. The van der Waals surface area contributed by atoms with Gasteiger partial charge in [-0.25, -0.2) is 4.98 Å². The lowest BCUT2D eigenvalue weighted by Crippen LogP contribution is -2.30. The van der Waals surface area contributed by atoms with Crippen LogP contribution in [0.15, 0.2) is 24.5 Å². The molecule has 4 nitrogen and oxygen atoms in total. The predicted octanol–water partition coefficient (Wildman–Crippen LogP) is 3.06. The average molecular weight is 267 g/mol. The number of rotatable bonds is 2. The number of hydrogen-bond donors (Lipinski definition) is 0. The molecule has 0 bridgehead atoms. The van der Waals surface area contributed by atoms with E-state index < -0.39 is 0 Å². The fourth-order valence-corrected chi connectivity index (χ4v) is 3.16. The van der Waals surface area contributed by atoms with Crippen molar-refractivity contribution >= 4 is 16.8 Å². The fourth-order valence-electron chi connectivity index (χ4n) is 3.16. The lowest BCUT2D eigenvalue weighted by molar-refractivity contribution is -0.123. The standard InChI is InChI=1S/C16H17N3O/c1-16(6-2-3-13(20)8-16)10-19-11-18-14-5-4-12(9-17)7-15(14)19/h4-5,7,11H,2-3,6,8,10H2,1H3. The second kappa shape index (κ2) is 4.75. The number of benzene rings is 1. The van der Waals surface area contributed by atoms with E-state index in [1.54, 1.807) is 6.07 Å². The van der Waals surface area contributed by atoms with Gasteiger partial charge in [-0.1, -0.05) is 6.92 Å². The highest BCUT2D eigenvalue weighted by molar-refractivity contribution is 5.80. The summed E-state index contributed by atoms with van der Waals surface area (Å²) in [6, 6.07) is 7.69. The van der Waals surface area contributed by atoms with Gasteiger partial charge in [-0.3, -0.25) is 4.79 Å². The van der Waals surface area contributed by atoms with Gasteiger partial charge in [0.1, 0.15) is 5.78 Å². The molecule has 4 heteroatoms. The van der Waals surface area contributed by atoms with E-state index >= 15 is 0 Å². The molecule has 3 rings (SSSR count). The smallest absolute Gasteiger partial charge is 0.133 e. The van der Waals surface area contributed by atoms with Gasteiger partial charge in [-0.15, -0.1) is 0 Å². The predicted molar refractivity (Wildman–Crippen MR) is 76.0 cm³/mol. The molecule has 1 aromatic carbocycles. The Morgan fingerprint density at radius 2 is 2.35 bits per heavy atom. The molecule has 20 heavy (non-hydrogen) atoms. The van der Waals surface area contributed by atoms with Crippen molar-refractivity contribution in [1.82, 2.24) is 9.55 Å². The van der Waals surface area contributed by atoms with E-state index in [-0.39, 0.29) is 5.41 Å². The summed E-state index contributed by atoms with van der Waals surface area (Å²) in [5.74, 6) is 0.362. The highest BCUT2D eigenvalue weighted by Gasteiger charge is 2.31. The van der Waals surface area contributed by atoms with Crippen molar-refractivity contribution in [3.8, 4) is 6.07 Å². The summed E-state index contributed by atoms with van der Waals surface area (Å²) in [6.07, 6.45) is 5.22. The molecule has 0 aliphatic heterocycles.